The SMILES string of the molecule is CN=C(NCCc1cc(F)cc(F)c1)NCC(C)(C)SC.I. The Hall–Kier alpha value is -0.570. The molecule has 0 aliphatic rings. The van der Waals surface area contributed by atoms with E-state index >= 15 is 0 Å². The minimum absolute atomic E-state index is 0. The lowest BCUT2D eigenvalue weighted by Crippen LogP contribution is -2.43. The van der Waals surface area contributed by atoms with Crippen molar-refractivity contribution in [2.45, 2.75) is 25.0 Å². The van der Waals surface area contributed by atoms with E-state index in [0.717, 1.165) is 12.6 Å². The molecule has 0 heterocycles. The third kappa shape index (κ3) is 8.17. The van der Waals surface area contributed by atoms with Crippen molar-refractivity contribution >= 4 is 41.7 Å². The number of rotatable bonds is 6. The van der Waals surface area contributed by atoms with Crippen LogP contribution in [0.25, 0.3) is 0 Å². The fourth-order valence-electron chi connectivity index (χ4n) is 1.67. The summed E-state index contributed by atoms with van der Waals surface area (Å²) in [6.45, 7) is 5.63. The monoisotopic (exact) mass is 443 g/mol. The zero-order valence-electron chi connectivity index (χ0n) is 13.4. The van der Waals surface area contributed by atoms with Gasteiger partial charge in [0, 0.05) is 31.0 Å². The first-order valence-corrected chi connectivity index (χ1v) is 8.03. The van der Waals surface area contributed by atoms with Gasteiger partial charge in [0.25, 0.3) is 0 Å². The van der Waals surface area contributed by atoms with Crippen molar-refractivity contribution in [3.05, 3.63) is 35.4 Å². The third-order valence-electron chi connectivity index (χ3n) is 3.09. The standard InChI is InChI=1S/C15H23F2N3S.HI/c1-15(2,21-4)10-20-14(18-3)19-6-5-11-7-12(16)9-13(17)8-11;/h7-9H,5-6,10H2,1-4H3,(H2,18,19,20);1H. The Labute approximate surface area is 152 Å². The average molecular weight is 443 g/mol. The molecule has 0 saturated carbocycles. The van der Waals surface area contributed by atoms with Gasteiger partial charge < -0.3 is 10.6 Å². The summed E-state index contributed by atoms with van der Waals surface area (Å²) in [5.41, 5.74) is 0.625. The van der Waals surface area contributed by atoms with Crippen LogP contribution in [-0.2, 0) is 6.42 Å². The third-order valence-corrected chi connectivity index (χ3v) is 4.34. The predicted molar refractivity (Wildman–Crippen MR) is 102 cm³/mol. The lowest BCUT2D eigenvalue weighted by Gasteiger charge is -2.23. The van der Waals surface area contributed by atoms with Gasteiger partial charge >= 0.3 is 0 Å². The summed E-state index contributed by atoms with van der Waals surface area (Å²) in [5, 5.41) is 6.38. The van der Waals surface area contributed by atoms with Gasteiger partial charge in [-0.25, -0.2) is 8.78 Å². The van der Waals surface area contributed by atoms with E-state index in [-0.39, 0.29) is 28.7 Å². The minimum atomic E-state index is -0.547. The molecule has 1 aromatic rings. The molecule has 1 rings (SSSR count). The molecule has 3 nitrogen and oxygen atoms in total. The number of hydrogen-bond acceptors (Lipinski definition) is 2. The van der Waals surface area contributed by atoms with Gasteiger partial charge in [-0.15, -0.1) is 24.0 Å². The summed E-state index contributed by atoms with van der Waals surface area (Å²) in [4.78, 5) is 4.13. The Balaban J connectivity index is 0.00000441. The highest BCUT2D eigenvalue weighted by Crippen LogP contribution is 2.19. The Morgan fingerprint density at radius 2 is 1.77 bits per heavy atom. The van der Waals surface area contributed by atoms with E-state index in [9.17, 15) is 8.78 Å². The summed E-state index contributed by atoms with van der Waals surface area (Å²) in [5.74, 6) is -0.405. The highest BCUT2D eigenvalue weighted by Gasteiger charge is 2.15. The Kier molecular flexibility index (Phi) is 9.99. The van der Waals surface area contributed by atoms with Crippen LogP contribution < -0.4 is 10.6 Å². The maximum atomic E-state index is 13.1. The maximum Gasteiger partial charge on any atom is 0.191 e. The van der Waals surface area contributed by atoms with Gasteiger partial charge in [-0.1, -0.05) is 0 Å². The molecule has 0 aromatic heterocycles. The second-order valence-electron chi connectivity index (χ2n) is 5.34. The van der Waals surface area contributed by atoms with Crippen LogP contribution in [0.5, 0.6) is 0 Å². The van der Waals surface area contributed by atoms with Crippen LogP contribution in [-0.4, -0.2) is 37.1 Å². The van der Waals surface area contributed by atoms with Crippen molar-refractivity contribution in [3.63, 3.8) is 0 Å². The molecule has 0 aliphatic heterocycles. The first-order valence-electron chi connectivity index (χ1n) is 6.81. The van der Waals surface area contributed by atoms with E-state index in [0.29, 0.717) is 24.5 Å². The van der Waals surface area contributed by atoms with Crippen molar-refractivity contribution in [1.82, 2.24) is 10.6 Å². The topological polar surface area (TPSA) is 36.4 Å². The lowest BCUT2D eigenvalue weighted by molar-refractivity contribution is 0.579. The normalized spacial score (nSPS) is 11.8. The van der Waals surface area contributed by atoms with Gasteiger partial charge in [-0.2, -0.15) is 11.8 Å². The van der Waals surface area contributed by atoms with Crippen LogP contribution in [0.1, 0.15) is 19.4 Å². The zero-order valence-corrected chi connectivity index (χ0v) is 16.5. The summed E-state index contributed by atoms with van der Waals surface area (Å²) in [6.07, 6.45) is 2.59. The highest BCUT2D eigenvalue weighted by atomic mass is 127. The molecule has 0 amide bonds. The summed E-state index contributed by atoms with van der Waals surface area (Å²) >= 11 is 1.77. The van der Waals surface area contributed by atoms with Crippen molar-refractivity contribution in [2.75, 3.05) is 26.4 Å². The van der Waals surface area contributed by atoms with Gasteiger partial charge in [-0.05, 0) is 44.2 Å². The number of thioether (sulfide) groups is 1. The van der Waals surface area contributed by atoms with E-state index in [1.54, 1.807) is 18.8 Å². The number of halogens is 3. The van der Waals surface area contributed by atoms with Crippen molar-refractivity contribution in [1.29, 1.82) is 0 Å². The summed E-state index contributed by atoms with van der Waals surface area (Å²) in [7, 11) is 1.70. The summed E-state index contributed by atoms with van der Waals surface area (Å²) < 4.78 is 26.3. The number of guanidine groups is 1. The van der Waals surface area contributed by atoms with Gasteiger partial charge in [0.2, 0.25) is 0 Å². The van der Waals surface area contributed by atoms with Crippen LogP contribution in [0, 0.1) is 11.6 Å². The van der Waals surface area contributed by atoms with Gasteiger partial charge in [0.15, 0.2) is 5.96 Å². The predicted octanol–water partition coefficient (Wildman–Crippen LogP) is 3.43. The molecule has 7 heteroatoms. The van der Waals surface area contributed by atoms with Gasteiger partial charge in [0.05, 0.1) is 0 Å². The van der Waals surface area contributed by atoms with E-state index < -0.39 is 11.6 Å². The molecule has 2 N–H and O–H groups in total. The molecule has 1 aromatic carbocycles. The van der Waals surface area contributed by atoms with E-state index in [2.05, 4.69) is 35.7 Å². The van der Waals surface area contributed by atoms with Crippen LogP contribution in [0.4, 0.5) is 8.78 Å². The van der Waals surface area contributed by atoms with Crippen LogP contribution in [0.3, 0.4) is 0 Å². The van der Waals surface area contributed by atoms with Crippen molar-refractivity contribution in [2.24, 2.45) is 4.99 Å². The molecule has 0 unspecified atom stereocenters. The second kappa shape index (κ2) is 10.3. The molecule has 0 aliphatic carbocycles. The highest BCUT2D eigenvalue weighted by molar-refractivity contribution is 14.0. The number of nitrogens with zero attached hydrogens (tertiary/aromatic N) is 1. The number of hydrogen-bond donors (Lipinski definition) is 2. The molecule has 0 bridgehead atoms. The van der Waals surface area contributed by atoms with Gasteiger partial charge in [0.1, 0.15) is 11.6 Å². The van der Waals surface area contributed by atoms with E-state index in [1.165, 1.54) is 12.1 Å². The Morgan fingerprint density at radius 1 is 1.18 bits per heavy atom. The fourth-order valence-corrected chi connectivity index (χ4v) is 1.89. The molecular weight excluding hydrogens is 419 g/mol. The molecular formula is C15H24F2IN3S. The number of nitrogens with one attached hydrogen (secondary N) is 2. The van der Waals surface area contributed by atoms with Crippen molar-refractivity contribution < 1.29 is 8.78 Å². The average Bonchev–Trinajstić information content (AvgIpc) is 2.41. The maximum absolute atomic E-state index is 13.1. The molecule has 126 valence electrons. The zero-order chi connectivity index (χ0) is 15.9. The minimum Gasteiger partial charge on any atom is -0.356 e. The number of benzene rings is 1. The van der Waals surface area contributed by atoms with E-state index in [4.69, 9.17) is 0 Å². The smallest absolute Gasteiger partial charge is 0.191 e. The first kappa shape index (κ1) is 21.4. The Morgan fingerprint density at radius 3 is 2.27 bits per heavy atom. The molecule has 0 radical (unpaired) electrons. The van der Waals surface area contributed by atoms with Crippen LogP contribution >= 0.6 is 35.7 Å². The largest absolute Gasteiger partial charge is 0.356 e. The van der Waals surface area contributed by atoms with Crippen molar-refractivity contribution in [3.8, 4) is 0 Å². The van der Waals surface area contributed by atoms with E-state index in [1.807, 2.05) is 0 Å². The molecule has 0 atom stereocenters. The summed E-state index contributed by atoms with van der Waals surface area (Å²) in [6, 6.07) is 3.57. The molecule has 0 spiro atoms. The van der Waals surface area contributed by atoms with Gasteiger partial charge in [-0.3, -0.25) is 4.99 Å². The first-order chi connectivity index (χ1) is 9.86. The Bertz CT molecular complexity index is 475. The second-order valence-corrected chi connectivity index (χ2v) is 6.86. The molecule has 0 fully saturated rings. The fraction of sp³-hybridized carbons (Fsp3) is 0.533. The van der Waals surface area contributed by atoms with Crippen LogP contribution in [0.15, 0.2) is 23.2 Å². The van der Waals surface area contributed by atoms with Crippen LogP contribution in [0.2, 0.25) is 0 Å². The molecule has 22 heavy (non-hydrogen) atoms. The quantitative estimate of drug-likeness (QED) is 0.402. The number of aliphatic imine (C=N–C) groups is 1. The lowest BCUT2D eigenvalue weighted by atomic mass is 10.1. The molecule has 0 saturated heterocycles.